The van der Waals surface area contributed by atoms with Gasteiger partial charge in [-0.15, -0.1) is 0 Å². The third-order valence-electron chi connectivity index (χ3n) is 4.66. The second-order valence-corrected chi connectivity index (χ2v) is 6.00. The average molecular weight is 288 g/mol. The number of amides is 1. The van der Waals surface area contributed by atoms with E-state index in [2.05, 4.69) is 4.90 Å². The van der Waals surface area contributed by atoms with Gasteiger partial charge in [0.25, 0.3) is 0 Å². The van der Waals surface area contributed by atoms with Gasteiger partial charge < -0.3 is 14.9 Å². The molecule has 1 amide bonds. The predicted molar refractivity (Wildman–Crippen MR) is 78.1 cm³/mol. The Morgan fingerprint density at radius 3 is 2.52 bits per heavy atom. The van der Waals surface area contributed by atoms with E-state index >= 15 is 0 Å². The molecule has 1 atom stereocenters. The maximum atomic E-state index is 12.9. The third kappa shape index (κ3) is 2.17. The van der Waals surface area contributed by atoms with Gasteiger partial charge in [0.15, 0.2) is 5.78 Å². The molecular formula is C16H20N2O3. The van der Waals surface area contributed by atoms with Gasteiger partial charge in [0, 0.05) is 31.7 Å². The van der Waals surface area contributed by atoms with Crippen LogP contribution in [-0.4, -0.2) is 66.4 Å². The molecule has 2 aliphatic rings. The van der Waals surface area contributed by atoms with Gasteiger partial charge in [-0.3, -0.25) is 9.59 Å². The Morgan fingerprint density at radius 2 is 1.90 bits per heavy atom. The number of Topliss-reactive ketones (excluding diaryl/α,β-unsaturated/α-hetero) is 1. The van der Waals surface area contributed by atoms with Crippen molar-refractivity contribution in [2.45, 2.75) is 6.42 Å². The van der Waals surface area contributed by atoms with Crippen molar-refractivity contribution >= 4 is 11.7 Å². The van der Waals surface area contributed by atoms with Crippen molar-refractivity contribution in [2.75, 3.05) is 39.8 Å². The summed E-state index contributed by atoms with van der Waals surface area (Å²) >= 11 is 0. The molecule has 1 unspecified atom stereocenters. The third-order valence-corrected chi connectivity index (χ3v) is 4.66. The summed E-state index contributed by atoms with van der Waals surface area (Å²) in [5, 5.41) is 9.83. The maximum Gasteiger partial charge on any atom is 0.239 e. The Labute approximate surface area is 124 Å². The van der Waals surface area contributed by atoms with Gasteiger partial charge in [-0.1, -0.05) is 24.3 Å². The quantitative estimate of drug-likeness (QED) is 0.789. The molecule has 1 N–H and O–H groups in total. The predicted octanol–water partition coefficient (Wildman–Crippen LogP) is 0.178. The molecule has 5 heteroatoms. The summed E-state index contributed by atoms with van der Waals surface area (Å²) in [5.74, 6) is -0.455. The number of aliphatic hydroxyl groups is 1. The van der Waals surface area contributed by atoms with Crippen molar-refractivity contribution in [1.82, 2.24) is 9.80 Å². The highest BCUT2D eigenvalue weighted by molar-refractivity contribution is 6.17. The summed E-state index contributed by atoms with van der Waals surface area (Å²) in [6.07, 6.45) is 0.309. The van der Waals surface area contributed by atoms with E-state index in [1.54, 1.807) is 17.0 Å². The lowest BCUT2D eigenvalue weighted by atomic mass is 9.82. The lowest BCUT2D eigenvalue weighted by Gasteiger charge is -2.37. The first-order chi connectivity index (χ1) is 10.1. The van der Waals surface area contributed by atoms with Gasteiger partial charge in [-0.2, -0.15) is 0 Å². The van der Waals surface area contributed by atoms with E-state index in [1.807, 2.05) is 19.2 Å². The van der Waals surface area contributed by atoms with Crippen LogP contribution in [0.1, 0.15) is 15.9 Å². The summed E-state index contributed by atoms with van der Waals surface area (Å²) in [7, 11) is 2.01. The van der Waals surface area contributed by atoms with E-state index < -0.39 is 12.0 Å². The summed E-state index contributed by atoms with van der Waals surface area (Å²) in [6.45, 7) is 2.40. The number of fused-ring (bicyclic) bond motifs is 1. The Morgan fingerprint density at radius 1 is 1.24 bits per heavy atom. The number of hydrogen-bond acceptors (Lipinski definition) is 4. The minimum Gasteiger partial charge on any atom is -0.395 e. The molecule has 0 bridgehead atoms. The van der Waals surface area contributed by atoms with Crippen LogP contribution >= 0.6 is 0 Å². The number of benzene rings is 1. The van der Waals surface area contributed by atoms with E-state index in [1.165, 1.54) is 0 Å². The van der Waals surface area contributed by atoms with E-state index in [0.29, 0.717) is 25.1 Å². The number of nitrogens with zero attached hydrogens (tertiary/aromatic N) is 2. The van der Waals surface area contributed by atoms with E-state index in [9.17, 15) is 14.7 Å². The Bertz CT molecular complexity index is 579. The van der Waals surface area contributed by atoms with E-state index in [4.69, 9.17) is 0 Å². The minimum absolute atomic E-state index is 0.223. The molecule has 0 spiro atoms. The first-order valence-electron chi connectivity index (χ1n) is 7.30. The minimum atomic E-state index is -1.31. The highest BCUT2D eigenvalue weighted by atomic mass is 16.3. The molecule has 0 saturated carbocycles. The first kappa shape index (κ1) is 14.2. The fraction of sp³-hybridized carbons (Fsp3) is 0.500. The van der Waals surface area contributed by atoms with Crippen LogP contribution in [-0.2, 0) is 11.2 Å². The van der Waals surface area contributed by atoms with Crippen LogP contribution in [0, 0.1) is 5.41 Å². The molecule has 21 heavy (non-hydrogen) atoms. The highest BCUT2D eigenvalue weighted by Crippen LogP contribution is 2.38. The molecule has 3 rings (SSSR count). The van der Waals surface area contributed by atoms with Crippen molar-refractivity contribution in [3.05, 3.63) is 35.4 Å². The van der Waals surface area contributed by atoms with Crippen molar-refractivity contribution in [2.24, 2.45) is 5.41 Å². The number of aliphatic hydroxyl groups excluding tert-OH is 1. The van der Waals surface area contributed by atoms with Crippen LogP contribution in [0.25, 0.3) is 0 Å². The zero-order valence-corrected chi connectivity index (χ0v) is 12.2. The summed E-state index contributed by atoms with van der Waals surface area (Å²) < 4.78 is 0. The van der Waals surface area contributed by atoms with Crippen LogP contribution in [0.3, 0.4) is 0 Å². The summed E-state index contributed by atoms with van der Waals surface area (Å²) in [5.41, 5.74) is 0.132. The molecule has 1 aliphatic carbocycles. The molecular weight excluding hydrogens is 268 g/mol. The molecule has 1 heterocycles. The summed E-state index contributed by atoms with van der Waals surface area (Å²) in [4.78, 5) is 29.4. The lowest BCUT2D eigenvalue weighted by Crippen LogP contribution is -2.55. The highest BCUT2D eigenvalue weighted by Gasteiger charge is 2.52. The van der Waals surface area contributed by atoms with Crippen LogP contribution < -0.4 is 0 Å². The van der Waals surface area contributed by atoms with Crippen LogP contribution in [0.15, 0.2) is 24.3 Å². The largest absolute Gasteiger partial charge is 0.395 e. The fourth-order valence-corrected chi connectivity index (χ4v) is 3.24. The molecule has 0 radical (unpaired) electrons. The standard InChI is InChI=1S/C16H20N2O3/c1-17-6-8-18(9-7-17)15(21)16(11-19)10-12-4-2-3-5-13(12)14(16)20/h2-5,19H,6-11H2,1H3. The summed E-state index contributed by atoms with van der Waals surface area (Å²) in [6, 6.07) is 7.26. The molecule has 1 aromatic rings. The average Bonchev–Trinajstić information content (AvgIpc) is 2.81. The lowest BCUT2D eigenvalue weighted by molar-refractivity contribution is -0.142. The van der Waals surface area contributed by atoms with Crippen LogP contribution in [0.5, 0.6) is 0 Å². The zero-order valence-electron chi connectivity index (χ0n) is 12.2. The van der Waals surface area contributed by atoms with Crippen molar-refractivity contribution in [3.63, 3.8) is 0 Å². The molecule has 5 nitrogen and oxygen atoms in total. The topological polar surface area (TPSA) is 60.9 Å². The van der Waals surface area contributed by atoms with Crippen LogP contribution in [0.2, 0.25) is 0 Å². The van der Waals surface area contributed by atoms with Crippen molar-refractivity contribution < 1.29 is 14.7 Å². The fourth-order valence-electron chi connectivity index (χ4n) is 3.24. The van der Waals surface area contributed by atoms with Crippen molar-refractivity contribution in [3.8, 4) is 0 Å². The molecule has 1 saturated heterocycles. The number of rotatable bonds is 2. The Hall–Kier alpha value is -1.72. The number of piperazine rings is 1. The number of carbonyl (C=O) groups excluding carboxylic acids is 2. The van der Waals surface area contributed by atoms with Crippen LogP contribution in [0.4, 0.5) is 0 Å². The van der Waals surface area contributed by atoms with Gasteiger partial charge in [0.05, 0.1) is 6.61 Å². The molecule has 112 valence electrons. The van der Waals surface area contributed by atoms with E-state index in [0.717, 1.165) is 18.7 Å². The number of likely N-dealkylation sites (N-methyl/N-ethyl adjacent to an activating group) is 1. The Balaban J connectivity index is 1.89. The van der Waals surface area contributed by atoms with Gasteiger partial charge in [0.1, 0.15) is 5.41 Å². The Kier molecular flexibility index (Phi) is 3.55. The zero-order chi connectivity index (χ0) is 15.0. The number of carbonyl (C=O) groups is 2. The van der Waals surface area contributed by atoms with Gasteiger partial charge in [-0.05, 0) is 19.0 Å². The SMILES string of the molecule is CN1CCN(C(=O)C2(CO)Cc3ccccc3C2=O)CC1. The van der Waals surface area contributed by atoms with Gasteiger partial charge >= 0.3 is 0 Å². The molecule has 0 aromatic heterocycles. The normalized spacial score (nSPS) is 26.0. The number of hydrogen-bond donors (Lipinski definition) is 1. The molecule has 1 aliphatic heterocycles. The van der Waals surface area contributed by atoms with E-state index in [-0.39, 0.29) is 11.7 Å². The maximum absolute atomic E-state index is 12.9. The monoisotopic (exact) mass is 288 g/mol. The smallest absolute Gasteiger partial charge is 0.239 e. The molecule has 1 fully saturated rings. The number of ketones is 1. The van der Waals surface area contributed by atoms with Gasteiger partial charge in [-0.25, -0.2) is 0 Å². The van der Waals surface area contributed by atoms with Crippen molar-refractivity contribution in [1.29, 1.82) is 0 Å². The van der Waals surface area contributed by atoms with Gasteiger partial charge in [0.2, 0.25) is 5.91 Å². The second kappa shape index (κ2) is 5.24. The second-order valence-electron chi connectivity index (χ2n) is 6.00. The molecule has 1 aromatic carbocycles. The first-order valence-corrected chi connectivity index (χ1v) is 7.30.